The number of halogens is 10. The third kappa shape index (κ3) is 5.58. The predicted octanol–water partition coefficient (Wildman–Crippen LogP) is 11.5. The normalized spacial score (nSPS) is 12.0. The summed E-state index contributed by atoms with van der Waals surface area (Å²) >= 11 is 2.08. The zero-order valence-electron chi connectivity index (χ0n) is 28.8. The van der Waals surface area contributed by atoms with E-state index in [1.54, 1.807) is 36.4 Å². The lowest BCUT2D eigenvalue weighted by Crippen LogP contribution is -2.13. The molecular weight excluding hydrogens is 855 g/mol. The summed E-state index contributed by atoms with van der Waals surface area (Å²) in [5.74, 6) is -25.5. The zero-order valence-corrected chi connectivity index (χ0v) is 30.4. The van der Waals surface area contributed by atoms with Crippen molar-refractivity contribution in [1.82, 2.24) is 19.9 Å². The van der Waals surface area contributed by atoms with Crippen LogP contribution in [0.25, 0.3) is 74.9 Å². The molecule has 0 saturated carbocycles. The average Bonchev–Trinajstić information content (AvgIpc) is 4.05. The highest BCUT2D eigenvalue weighted by atomic mass is 32.1. The highest BCUT2D eigenvalue weighted by molar-refractivity contribution is 7.22. The van der Waals surface area contributed by atoms with Crippen LogP contribution in [0.15, 0.2) is 69.8 Å². The lowest BCUT2D eigenvalue weighted by atomic mass is 10.0. The Labute approximate surface area is 332 Å². The standard InChI is InChI=1S/C40H10F10N4O4S2/c41-27-25(28(42)32(46)35(49)31(27)45)37(55)13-5-21-17(51-9-13)7-23(59-21)39-53-15-1-11-3-20-16(2-12(11)4-19(15)57-39)54-40(58-20)24-8-18-22(60-24)6-14(10-52-18)38(56)26-29(43)33(47)36(50)34(48)30(26)44/h1-10H. The number of carbonyl (C=O) groups is 2. The molecule has 0 aliphatic heterocycles. The largest absolute Gasteiger partial charge is 0.435 e. The molecule has 0 N–H and O–H groups in total. The first-order chi connectivity index (χ1) is 28.7. The molecule has 296 valence electrons. The molecule has 8 nitrogen and oxygen atoms in total. The number of pyridine rings is 2. The van der Waals surface area contributed by atoms with E-state index in [-0.39, 0.29) is 11.8 Å². The van der Waals surface area contributed by atoms with E-state index in [4.69, 9.17) is 8.83 Å². The van der Waals surface area contributed by atoms with Crippen LogP contribution in [0.5, 0.6) is 0 Å². The Morgan fingerprint density at radius 2 is 0.783 bits per heavy atom. The van der Waals surface area contributed by atoms with E-state index >= 15 is 0 Å². The minimum Gasteiger partial charge on any atom is -0.435 e. The van der Waals surface area contributed by atoms with Crippen molar-refractivity contribution in [3.63, 3.8) is 0 Å². The van der Waals surface area contributed by atoms with Crippen molar-refractivity contribution in [1.29, 1.82) is 0 Å². The molecule has 0 spiro atoms. The maximum absolute atomic E-state index is 14.3. The summed E-state index contributed by atoms with van der Waals surface area (Å²) in [6, 6.07) is 12.4. The summed E-state index contributed by atoms with van der Waals surface area (Å²) < 4.78 is 152. The van der Waals surface area contributed by atoms with Gasteiger partial charge < -0.3 is 8.83 Å². The van der Waals surface area contributed by atoms with Crippen LogP contribution < -0.4 is 0 Å². The first-order valence-corrected chi connectivity index (χ1v) is 18.4. The van der Waals surface area contributed by atoms with Gasteiger partial charge in [-0.2, -0.15) is 0 Å². The molecule has 10 rings (SSSR count). The molecule has 0 fully saturated rings. The third-order valence-electron chi connectivity index (χ3n) is 9.41. The van der Waals surface area contributed by atoms with E-state index in [0.717, 1.165) is 35.1 Å². The Bertz CT molecular complexity index is 3220. The number of nitrogens with zero attached hydrogens (tertiary/aromatic N) is 4. The van der Waals surface area contributed by atoms with Crippen molar-refractivity contribution in [3.8, 4) is 21.5 Å². The molecule has 0 aliphatic carbocycles. The number of aromatic nitrogens is 4. The van der Waals surface area contributed by atoms with Gasteiger partial charge in [0.1, 0.15) is 22.2 Å². The Balaban J connectivity index is 0.943. The minimum atomic E-state index is -2.39. The molecule has 6 aromatic heterocycles. The first kappa shape index (κ1) is 37.2. The second kappa shape index (κ2) is 13.2. The van der Waals surface area contributed by atoms with E-state index in [2.05, 4.69) is 19.9 Å². The number of carbonyl (C=O) groups excluding carboxylic acids is 2. The van der Waals surface area contributed by atoms with Crippen molar-refractivity contribution >= 4 is 87.6 Å². The molecule has 0 saturated heterocycles. The molecule has 0 atom stereocenters. The summed E-state index contributed by atoms with van der Waals surface area (Å²) in [4.78, 5) is 44.0. The summed E-state index contributed by atoms with van der Waals surface area (Å²) in [7, 11) is 0. The SMILES string of the molecule is O=C(c1cnc2cc(-c3nc4cc5cc6oc(-c7cc8ncc(C(=O)c9c(F)c(F)c(F)c(F)c9F)cc8s7)nc6cc5cc4o3)sc2c1)c1c(F)c(F)c(F)c(F)c1F. The number of benzene rings is 4. The van der Waals surface area contributed by atoms with Gasteiger partial charge in [-0.05, 0) is 59.3 Å². The van der Waals surface area contributed by atoms with Gasteiger partial charge in [-0.25, -0.2) is 53.9 Å². The zero-order chi connectivity index (χ0) is 42.0. The maximum atomic E-state index is 14.3. The van der Waals surface area contributed by atoms with Gasteiger partial charge in [-0.15, -0.1) is 22.7 Å². The van der Waals surface area contributed by atoms with E-state index in [1.807, 2.05) is 0 Å². The van der Waals surface area contributed by atoms with Gasteiger partial charge >= 0.3 is 0 Å². The monoisotopic (exact) mass is 864 g/mol. The fraction of sp³-hybridized carbons (Fsp3) is 0. The van der Waals surface area contributed by atoms with Crippen molar-refractivity contribution in [2.24, 2.45) is 0 Å². The van der Waals surface area contributed by atoms with Crippen molar-refractivity contribution < 1.29 is 62.3 Å². The molecule has 0 unspecified atom stereocenters. The Hall–Kier alpha value is -7.06. The van der Waals surface area contributed by atoms with Gasteiger partial charge in [0.25, 0.3) is 0 Å². The number of fused-ring (bicyclic) bond motifs is 5. The van der Waals surface area contributed by atoms with Gasteiger partial charge in [-0.1, -0.05) is 0 Å². The van der Waals surface area contributed by atoms with Crippen LogP contribution in [0, 0.1) is 58.2 Å². The third-order valence-corrected chi connectivity index (χ3v) is 11.5. The number of oxazole rings is 2. The molecule has 4 aromatic carbocycles. The van der Waals surface area contributed by atoms with Gasteiger partial charge in [-0.3, -0.25) is 19.6 Å². The number of hydrogen-bond donors (Lipinski definition) is 0. The van der Waals surface area contributed by atoms with Gasteiger partial charge in [0.05, 0.1) is 30.2 Å². The van der Waals surface area contributed by atoms with E-state index in [1.165, 1.54) is 12.1 Å². The lowest BCUT2D eigenvalue weighted by Gasteiger charge is -2.07. The minimum absolute atomic E-state index is 0.149. The molecular formula is C40H10F10N4O4S2. The Morgan fingerprint density at radius 3 is 1.15 bits per heavy atom. The van der Waals surface area contributed by atoms with Crippen molar-refractivity contribution in [2.75, 3.05) is 0 Å². The molecule has 0 amide bonds. The van der Waals surface area contributed by atoms with Crippen molar-refractivity contribution in [2.45, 2.75) is 0 Å². The topological polar surface area (TPSA) is 112 Å². The van der Waals surface area contributed by atoms with Crippen molar-refractivity contribution in [3.05, 3.63) is 141 Å². The fourth-order valence-corrected chi connectivity index (χ4v) is 8.47. The predicted molar refractivity (Wildman–Crippen MR) is 196 cm³/mol. The van der Waals surface area contributed by atoms with Gasteiger partial charge in [0.15, 0.2) is 57.7 Å². The van der Waals surface area contributed by atoms with Crippen LogP contribution in [-0.2, 0) is 0 Å². The number of rotatable bonds is 6. The molecule has 60 heavy (non-hydrogen) atoms. The van der Waals surface area contributed by atoms with Crippen LogP contribution in [0.2, 0.25) is 0 Å². The Morgan fingerprint density at radius 1 is 0.433 bits per heavy atom. The lowest BCUT2D eigenvalue weighted by molar-refractivity contribution is 0.101. The van der Waals surface area contributed by atoms with Gasteiger partial charge in [0.2, 0.25) is 35.0 Å². The van der Waals surface area contributed by atoms with Crippen LogP contribution in [0.1, 0.15) is 31.8 Å². The van der Waals surface area contributed by atoms with E-state index in [9.17, 15) is 53.5 Å². The van der Waals surface area contributed by atoms with E-state index < -0.39 is 92.0 Å². The average molecular weight is 865 g/mol. The molecule has 0 bridgehead atoms. The summed E-state index contributed by atoms with van der Waals surface area (Å²) in [6.45, 7) is 0. The highest BCUT2D eigenvalue weighted by Gasteiger charge is 2.32. The molecule has 0 radical (unpaired) electrons. The van der Waals surface area contributed by atoms with E-state index in [0.29, 0.717) is 63.2 Å². The van der Waals surface area contributed by atoms with Crippen LogP contribution in [-0.4, -0.2) is 31.5 Å². The van der Waals surface area contributed by atoms with Crippen LogP contribution in [0.4, 0.5) is 43.9 Å². The second-order valence-corrected chi connectivity index (χ2v) is 15.2. The number of hydrogen-bond acceptors (Lipinski definition) is 10. The smallest absolute Gasteiger partial charge is 0.237 e. The maximum Gasteiger partial charge on any atom is 0.237 e. The molecule has 0 aliphatic rings. The number of thiophene rings is 2. The molecule has 6 heterocycles. The summed E-state index contributed by atoms with van der Waals surface area (Å²) in [5.41, 5.74) is -1.85. The molecule has 20 heteroatoms. The van der Waals surface area contributed by atoms with Crippen LogP contribution >= 0.6 is 22.7 Å². The number of ketones is 2. The second-order valence-electron chi connectivity index (χ2n) is 13.0. The van der Waals surface area contributed by atoms with Gasteiger partial charge in [0, 0.05) is 23.5 Å². The first-order valence-electron chi connectivity index (χ1n) is 16.7. The highest BCUT2D eigenvalue weighted by Crippen LogP contribution is 2.39. The fourth-order valence-electron chi connectivity index (χ4n) is 6.50. The summed E-state index contributed by atoms with van der Waals surface area (Å²) in [5, 5.41) is 1.34. The summed E-state index contributed by atoms with van der Waals surface area (Å²) in [6.07, 6.45) is 1.89. The Kier molecular flexibility index (Phi) is 8.21. The molecule has 10 aromatic rings. The quantitative estimate of drug-likeness (QED) is 0.0703. The van der Waals surface area contributed by atoms with Crippen LogP contribution in [0.3, 0.4) is 0 Å².